The highest BCUT2D eigenvalue weighted by atomic mass is 35.5. The number of amides is 1. The zero-order chi connectivity index (χ0) is 13.8. The van der Waals surface area contributed by atoms with Crippen molar-refractivity contribution in [3.8, 4) is 0 Å². The van der Waals surface area contributed by atoms with Crippen LogP contribution in [0.1, 0.15) is 50.2 Å². The van der Waals surface area contributed by atoms with Gasteiger partial charge in [0.25, 0.3) is 5.91 Å². The van der Waals surface area contributed by atoms with Gasteiger partial charge in [0.1, 0.15) is 0 Å². The van der Waals surface area contributed by atoms with Crippen molar-refractivity contribution in [2.75, 3.05) is 13.1 Å². The van der Waals surface area contributed by atoms with Crippen LogP contribution in [0.15, 0.2) is 6.20 Å². The minimum atomic E-state index is -0.110. The maximum atomic E-state index is 12.0. The molecule has 3 N–H and O–H groups in total. The summed E-state index contributed by atoms with van der Waals surface area (Å²) >= 11 is 0. The minimum Gasteiger partial charge on any atom is -0.352 e. The second-order valence-electron chi connectivity index (χ2n) is 5.34. The Labute approximate surface area is 121 Å². The van der Waals surface area contributed by atoms with Gasteiger partial charge in [0.2, 0.25) is 0 Å². The summed E-state index contributed by atoms with van der Waals surface area (Å²) in [5.74, 6) is -0.0594. The first-order valence-corrected chi connectivity index (χ1v) is 6.47. The van der Waals surface area contributed by atoms with Gasteiger partial charge in [-0.3, -0.25) is 9.48 Å². The Morgan fingerprint density at radius 2 is 2.11 bits per heavy atom. The van der Waals surface area contributed by atoms with Gasteiger partial charge in [-0.15, -0.1) is 12.4 Å². The lowest BCUT2D eigenvalue weighted by Crippen LogP contribution is -2.29. The Hall–Kier alpha value is -1.07. The van der Waals surface area contributed by atoms with Crippen LogP contribution in [0.4, 0.5) is 0 Å². The zero-order valence-electron chi connectivity index (χ0n) is 12.2. The first kappa shape index (κ1) is 17.9. The maximum Gasteiger partial charge on any atom is 0.254 e. The number of halogens is 1. The van der Waals surface area contributed by atoms with E-state index in [1.165, 1.54) is 0 Å². The second-order valence-corrected chi connectivity index (χ2v) is 5.34. The van der Waals surface area contributed by atoms with Crippen molar-refractivity contribution >= 4 is 18.3 Å². The van der Waals surface area contributed by atoms with Crippen LogP contribution < -0.4 is 11.1 Å². The summed E-state index contributed by atoms with van der Waals surface area (Å²) < 4.78 is 1.92. The number of nitrogens with one attached hydrogen (secondary N) is 1. The van der Waals surface area contributed by atoms with Crippen LogP contribution in [0, 0.1) is 0 Å². The normalized spacial score (nSPS) is 11.0. The van der Waals surface area contributed by atoms with Gasteiger partial charge in [0.15, 0.2) is 0 Å². The average molecular weight is 289 g/mol. The third-order valence-corrected chi connectivity index (χ3v) is 2.75. The average Bonchev–Trinajstić information content (AvgIpc) is 2.72. The molecule has 0 saturated carbocycles. The maximum absolute atomic E-state index is 12.0. The van der Waals surface area contributed by atoms with E-state index in [0.717, 1.165) is 18.5 Å². The smallest absolute Gasteiger partial charge is 0.254 e. The van der Waals surface area contributed by atoms with Crippen molar-refractivity contribution in [1.82, 2.24) is 15.1 Å². The molecule has 1 aromatic rings. The van der Waals surface area contributed by atoms with E-state index in [2.05, 4.69) is 31.2 Å². The van der Waals surface area contributed by atoms with Gasteiger partial charge in [-0.25, -0.2) is 0 Å². The molecule has 0 atom stereocenters. The molecule has 0 radical (unpaired) electrons. The highest BCUT2D eigenvalue weighted by Gasteiger charge is 2.22. The van der Waals surface area contributed by atoms with Crippen LogP contribution >= 0.6 is 12.4 Å². The largest absolute Gasteiger partial charge is 0.352 e. The second kappa shape index (κ2) is 7.50. The molecule has 0 spiro atoms. The lowest BCUT2D eigenvalue weighted by Gasteiger charge is -2.22. The summed E-state index contributed by atoms with van der Waals surface area (Å²) in [7, 11) is 0. The van der Waals surface area contributed by atoms with Crippen molar-refractivity contribution in [3.63, 3.8) is 0 Å². The van der Waals surface area contributed by atoms with Crippen molar-refractivity contribution in [1.29, 1.82) is 0 Å². The number of hydrogen-bond donors (Lipinski definition) is 2. The standard InChI is InChI=1S/C13H24N4O.ClH/c1-5-11-10(12(18)15-8-6-7-14)9-16-17(11)13(2,3)4;/h9H,5-8,14H2,1-4H3,(H,15,18);1H. The Morgan fingerprint density at radius 1 is 1.47 bits per heavy atom. The van der Waals surface area contributed by atoms with Gasteiger partial charge in [-0.05, 0) is 40.2 Å². The van der Waals surface area contributed by atoms with E-state index < -0.39 is 0 Å². The third kappa shape index (κ3) is 4.51. The van der Waals surface area contributed by atoms with Crippen LogP contribution in [0.3, 0.4) is 0 Å². The summed E-state index contributed by atoms with van der Waals surface area (Å²) in [6.45, 7) is 9.47. The highest BCUT2D eigenvalue weighted by molar-refractivity contribution is 5.95. The monoisotopic (exact) mass is 288 g/mol. The molecule has 1 amide bonds. The molecule has 19 heavy (non-hydrogen) atoms. The lowest BCUT2D eigenvalue weighted by atomic mass is 10.1. The van der Waals surface area contributed by atoms with Crippen LogP contribution in [-0.2, 0) is 12.0 Å². The lowest BCUT2D eigenvalue weighted by molar-refractivity contribution is 0.0952. The first-order valence-electron chi connectivity index (χ1n) is 6.47. The van der Waals surface area contributed by atoms with Gasteiger partial charge in [-0.2, -0.15) is 5.10 Å². The van der Waals surface area contributed by atoms with Crippen LogP contribution in [-0.4, -0.2) is 28.8 Å². The Bertz CT molecular complexity index is 409. The highest BCUT2D eigenvalue weighted by Crippen LogP contribution is 2.19. The first-order chi connectivity index (χ1) is 8.41. The summed E-state index contributed by atoms with van der Waals surface area (Å²) in [5, 5.41) is 7.21. The van der Waals surface area contributed by atoms with Gasteiger partial charge < -0.3 is 11.1 Å². The molecule has 5 nitrogen and oxygen atoms in total. The number of rotatable bonds is 5. The van der Waals surface area contributed by atoms with Crippen LogP contribution in [0.5, 0.6) is 0 Å². The van der Waals surface area contributed by atoms with Gasteiger partial charge in [0.05, 0.1) is 23.0 Å². The predicted octanol–water partition coefficient (Wildman–Crippen LogP) is 1.70. The molecule has 1 rings (SSSR count). The quantitative estimate of drug-likeness (QED) is 0.810. The molecular formula is C13H25ClN4O. The molecule has 0 aromatic carbocycles. The van der Waals surface area contributed by atoms with Crippen molar-refractivity contribution < 1.29 is 4.79 Å². The Morgan fingerprint density at radius 3 is 2.58 bits per heavy atom. The summed E-state index contributed by atoms with van der Waals surface area (Å²) in [4.78, 5) is 12.0. The molecule has 0 saturated heterocycles. The molecule has 0 fully saturated rings. The van der Waals surface area contributed by atoms with E-state index in [4.69, 9.17) is 5.73 Å². The van der Waals surface area contributed by atoms with Crippen molar-refractivity contribution in [2.45, 2.75) is 46.1 Å². The van der Waals surface area contributed by atoms with E-state index in [-0.39, 0.29) is 23.9 Å². The van der Waals surface area contributed by atoms with Gasteiger partial charge >= 0.3 is 0 Å². The number of hydrogen-bond acceptors (Lipinski definition) is 3. The molecule has 0 bridgehead atoms. The van der Waals surface area contributed by atoms with E-state index in [1.807, 2.05) is 11.6 Å². The molecule has 110 valence electrons. The van der Waals surface area contributed by atoms with Crippen molar-refractivity contribution in [3.05, 3.63) is 17.5 Å². The van der Waals surface area contributed by atoms with E-state index in [1.54, 1.807) is 6.20 Å². The van der Waals surface area contributed by atoms with Gasteiger partial charge in [-0.1, -0.05) is 6.92 Å². The van der Waals surface area contributed by atoms with Crippen LogP contribution in [0.2, 0.25) is 0 Å². The molecule has 0 aliphatic carbocycles. The molecule has 6 heteroatoms. The zero-order valence-corrected chi connectivity index (χ0v) is 13.0. The third-order valence-electron chi connectivity index (χ3n) is 2.75. The summed E-state index contributed by atoms with van der Waals surface area (Å²) in [6, 6.07) is 0. The number of carbonyl (C=O) groups excluding carboxylic acids is 1. The molecule has 1 heterocycles. The Balaban J connectivity index is 0.00000324. The fourth-order valence-corrected chi connectivity index (χ4v) is 1.88. The number of nitrogens with zero attached hydrogens (tertiary/aromatic N) is 2. The molecule has 0 unspecified atom stereocenters. The van der Waals surface area contributed by atoms with E-state index >= 15 is 0 Å². The topological polar surface area (TPSA) is 72.9 Å². The Kier molecular flexibility index (Phi) is 7.08. The number of carbonyl (C=O) groups is 1. The molecular weight excluding hydrogens is 264 g/mol. The fraction of sp³-hybridized carbons (Fsp3) is 0.692. The van der Waals surface area contributed by atoms with Crippen molar-refractivity contribution in [2.24, 2.45) is 5.73 Å². The van der Waals surface area contributed by atoms with E-state index in [0.29, 0.717) is 18.7 Å². The summed E-state index contributed by atoms with van der Waals surface area (Å²) in [6.07, 6.45) is 3.24. The van der Waals surface area contributed by atoms with E-state index in [9.17, 15) is 4.79 Å². The minimum absolute atomic E-state index is 0. The number of nitrogens with two attached hydrogens (primary N) is 1. The molecule has 0 aliphatic heterocycles. The predicted molar refractivity (Wildman–Crippen MR) is 79.9 cm³/mol. The molecule has 1 aromatic heterocycles. The molecule has 0 aliphatic rings. The van der Waals surface area contributed by atoms with Crippen LogP contribution in [0.25, 0.3) is 0 Å². The van der Waals surface area contributed by atoms with Gasteiger partial charge in [0, 0.05) is 6.54 Å². The SMILES string of the molecule is CCc1c(C(=O)NCCCN)cnn1C(C)(C)C.Cl. The summed E-state index contributed by atoms with van der Waals surface area (Å²) in [5.41, 5.74) is 6.94. The fourth-order valence-electron chi connectivity index (χ4n) is 1.88. The number of aromatic nitrogens is 2.